The molecule has 1 aromatic rings. The fraction of sp³-hybridized carbons (Fsp3) is 0.714. The van der Waals surface area contributed by atoms with E-state index in [0.29, 0.717) is 23.6 Å². The lowest BCUT2D eigenvalue weighted by Crippen LogP contribution is -2.42. The van der Waals surface area contributed by atoms with Crippen LogP contribution in [0, 0.1) is 17.8 Å². The third-order valence-electron chi connectivity index (χ3n) is 4.75. The molecule has 19 heavy (non-hydrogen) atoms. The van der Waals surface area contributed by atoms with Crippen molar-refractivity contribution in [3.05, 3.63) is 11.8 Å². The van der Waals surface area contributed by atoms with Crippen molar-refractivity contribution in [2.24, 2.45) is 23.5 Å². The fourth-order valence-electron chi connectivity index (χ4n) is 3.63. The summed E-state index contributed by atoms with van der Waals surface area (Å²) in [5, 5.41) is 10.0. The molecule has 0 aromatic carbocycles. The molecule has 1 amide bonds. The Balaban J connectivity index is 1.68. The van der Waals surface area contributed by atoms with E-state index in [1.165, 1.54) is 6.42 Å². The van der Waals surface area contributed by atoms with E-state index in [1.54, 1.807) is 0 Å². The Morgan fingerprint density at radius 2 is 2.21 bits per heavy atom. The van der Waals surface area contributed by atoms with Crippen molar-refractivity contribution in [2.45, 2.75) is 45.1 Å². The first-order valence-corrected chi connectivity index (χ1v) is 7.18. The molecule has 4 N–H and O–H groups in total. The third kappa shape index (κ3) is 2.16. The molecule has 2 bridgehead atoms. The van der Waals surface area contributed by atoms with Crippen LogP contribution in [0.5, 0.6) is 0 Å². The number of amides is 1. The highest BCUT2D eigenvalue weighted by atomic mass is 16.2. The number of nitrogens with two attached hydrogens (primary N) is 1. The van der Waals surface area contributed by atoms with E-state index in [4.69, 9.17) is 5.73 Å². The monoisotopic (exact) mass is 262 g/mol. The number of nitrogens with zero attached hydrogens (tertiary/aromatic N) is 1. The molecule has 3 rings (SSSR count). The van der Waals surface area contributed by atoms with Crippen LogP contribution in [0.15, 0.2) is 6.07 Å². The zero-order chi connectivity index (χ0) is 13.6. The highest BCUT2D eigenvalue weighted by Crippen LogP contribution is 2.47. The first-order valence-electron chi connectivity index (χ1n) is 7.18. The number of H-pyrrole nitrogens is 1. The SMILES string of the molecule is CC(C)c1cc(NC(=O)C2C3CCC(C3)C2N)n[nH]1. The van der Waals surface area contributed by atoms with Crippen LogP contribution in [0.1, 0.15) is 44.7 Å². The van der Waals surface area contributed by atoms with Gasteiger partial charge in [0, 0.05) is 17.8 Å². The molecule has 0 aliphatic heterocycles. The maximum absolute atomic E-state index is 12.3. The minimum atomic E-state index is -0.0297. The number of fused-ring (bicyclic) bond motifs is 2. The van der Waals surface area contributed by atoms with Crippen LogP contribution in [-0.2, 0) is 4.79 Å². The Bertz CT molecular complexity index is 480. The molecule has 5 heteroatoms. The number of aromatic amines is 1. The molecule has 2 aliphatic rings. The Kier molecular flexibility index (Phi) is 3.09. The normalized spacial score (nSPS) is 33.1. The van der Waals surface area contributed by atoms with Gasteiger partial charge in [-0.05, 0) is 37.0 Å². The summed E-state index contributed by atoms with van der Waals surface area (Å²) in [6.07, 6.45) is 3.46. The number of aromatic nitrogens is 2. The maximum atomic E-state index is 12.3. The van der Waals surface area contributed by atoms with E-state index < -0.39 is 0 Å². The van der Waals surface area contributed by atoms with Crippen LogP contribution in [0.25, 0.3) is 0 Å². The molecule has 2 aliphatic carbocycles. The molecule has 4 atom stereocenters. The van der Waals surface area contributed by atoms with Gasteiger partial charge in [-0.2, -0.15) is 5.10 Å². The van der Waals surface area contributed by atoms with E-state index in [2.05, 4.69) is 29.4 Å². The number of nitrogens with one attached hydrogen (secondary N) is 2. The molecular formula is C14H22N4O. The lowest BCUT2D eigenvalue weighted by atomic mass is 9.84. The van der Waals surface area contributed by atoms with Crippen LogP contribution >= 0.6 is 0 Å². The molecule has 1 aromatic heterocycles. The summed E-state index contributed by atoms with van der Waals surface area (Å²) in [4.78, 5) is 12.3. The molecule has 2 saturated carbocycles. The van der Waals surface area contributed by atoms with Gasteiger partial charge in [-0.3, -0.25) is 9.89 Å². The van der Waals surface area contributed by atoms with Gasteiger partial charge in [0.2, 0.25) is 5.91 Å². The average molecular weight is 262 g/mol. The number of carbonyl (C=O) groups excluding carboxylic acids is 1. The van der Waals surface area contributed by atoms with Crippen LogP contribution < -0.4 is 11.1 Å². The molecule has 4 unspecified atom stereocenters. The lowest BCUT2D eigenvalue weighted by Gasteiger charge is -2.26. The summed E-state index contributed by atoms with van der Waals surface area (Å²) in [6.45, 7) is 4.18. The van der Waals surface area contributed by atoms with Gasteiger partial charge in [-0.1, -0.05) is 13.8 Å². The second-order valence-corrected chi connectivity index (χ2v) is 6.29. The number of anilines is 1. The summed E-state index contributed by atoms with van der Waals surface area (Å²) >= 11 is 0. The number of hydrogen-bond acceptors (Lipinski definition) is 3. The second kappa shape index (κ2) is 4.63. The molecular weight excluding hydrogens is 240 g/mol. The smallest absolute Gasteiger partial charge is 0.230 e. The van der Waals surface area contributed by atoms with Gasteiger partial charge in [0.25, 0.3) is 0 Å². The predicted octanol–water partition coefficient (Wildman–Crippen LogP) is 1.84. The summed E-state index contributed by atoms with van der Waals surface area (Å²) in [7, 11) is 0. The molecule has 2 fully saturated rings. The quantitative estimate of drug-likeness (QED) is 0.777. The number of hydrogen-bond donors (Lipinski definition) is 3. The standard InChI is InChI=1S/C14H22N4O/c1-7(2)10-6-11(18-17-10)16-14(19)12-8-3-4-9(5-8)13(12)15/h6-9,12-13H,3-5,15H2,1-2H3,(H2,16,17,18,19). The average Bonchev–Trinajstić information content (AvgIpc) is 3.02. The number of carbonyl (C=O) groups is 1. The van der Waals surface area contributed by atoms with Crippen LogP contribution in [0.3, 0.4) is 0 Å². The highest BCUT2D eigenvalue weighted by Gasteiger charge is 2.49. The summed E-state index contributed by atoms with van der Waals surface area (Å²) in [6, 6.07) is 1.93. The lowest BCUT2D eigenvalue weighted by molar-refractivity contribution is -0.121. The van der Waals surface area contributed by atoms with Gasteiger partial charge >= 0.3 is 0 Å². The first kappa shape index (κ1) is 12.7. The van der Waals surface area contributed by atoms with Crippen molar-refractivity contribution in [3.63, 3.8) is 0 Å². The Hall–Kier alpha value is -1.36. The van der Waals surface area contributed by atoms with Crippen molar-refractivity contribution >= 4 is 11.7 Å². The summed E-state index contributed by atoms with van der Waals surface area (Å²) in [5.41, 5.74) is 7.22. The van der Waals surface area contributed by atoms with Crippen molar-refractivity contribution in [3.8, 4) is 0 Å². The molecule has 5 nitrogen and oxygen atoms in total. The van der Waals surface area contributed by atoms with Crippen molar-refractivity contribution < 1.29 is 4.79 Å². The van der Waals surface area contributed by atoms with Crippen LogP contribution in [-0.4, -0.2) is 22.1 Å². The minimum absolute atomic E-state index is 0.0297. The zero-order valence-corrected chi connectivity index (χ0v) is 11.5. The summed E-state index contributed by atoms with van der Waals surface area (Å²) in [5.74, 6) is 2.03. The van der Waals surface area contributed by atoms with Gasteiger partial charge in [0.05, 0.1) is 5.92 Å². The Morgan fingerprint density at radius 3 is 2.79 bits per heavy atom. The van der Waals surface area contributed by atoms with E-state index >= 15 is 0 Å². The van der Waals surface area contributed by atoms with E-state index in [0.717, 1.165) is 18.5 Å². The Labute approximate surface area is 113 Å². The van der Waals surface area contributed by atoms with Gasteiger partial charge in [0.1, 0.15) is 0 Å². The van der Waals surface area contributed by atoms with Crippen molar-refractivity contribution in [1.82, 2.24) is 10.2 Å². The highest BCUT2D eigenvalue weighted by molar-refractivity contribution is 5.92. The predicted molar refractivity (Wildman–Crippen MR) is 73.6 cm³/mol. The van der Waals surface area contributed by atoms with Crippen molar-refractivity contribution in [2.75, 3.05) is 5.32 Å². The molecule has 0 saturated heterocycles. The largest absolute Gasteiger partial charge is 0.327 e. The minimum Gasteiger partial charge on any atom is -0.327 e. The molecule has 104 valence electrons. The Morgan fingerprint density at radius 1 is 1.47 bits per heavy atom. The van der Waals surface area contributed by atoms with E-state index in [1.807, 2.05) is 6.07 Å². The molecule has 1 heterocycles. The number of rotatable bonds is 3. The van der Waals surface area contributed by atoms with Gasteiger partial charge in [-0.25, -0.2) is 0 Å². The van der Waals surface area contributed by atoms with Gasteiger partial charge < -0.3 is 11.1 Å². The van der Waals surface area contributed by atoms with Crippen molar-refractivity contribution in [1.29, 1.82) is 0 Å². The zero-order valence-electron chi connectivity index (χ0n) is 11.5. The van der Waals surface area contributed by atoms with Gasteiger partial charge in [-0.15, -0.1) is 0 Å². The molecule has 0 radical (unpaired) electrons. The molecule has 0 spiro atoms. The third-order valence-corrected chi connectivity index (χ3v) is 4.75. The topological polar surface area (TPSA) is 83.8 Å². The second-order valence-electron chi connectivity index (χ2n) is 6.29. The van der Waals surface area contributed by atoms with Crippen LogP contribution in [0.4, 0.5) is 5.82 Å². The fourth-order valence-corrected chi connectivity index (χ4v) is 3.63. The first-order chi connectivity index (χ1) is 9.06. The maximum Gasteiger partial charge on any atom is 0.230 e. The van der Waals surface area contributed by atoms with E-state index in [-0.39, 0.29) is 17.9 Å². The van der Waals surface area contributed by atoms with E-state index in [9.17, 15) is 4.79 Å². The van der Waals surface area contributed by atoms with Gasteiger partial charge in [0.15, 0.2) is 5.82 Å². The summed E-state index contributed by atoms with van der Waals surface area (Å²) < 4.78 is 0. The van der Waals surface area contributed by atoms with Crippen LogP contribution in [0.2, 0.25) is 0 Å².